The van der Waals surface area contributed by atoms with E-state index in [2.05, 4.69) is 10.3 Å². The van der Waals surface area contributed by atoms with Gasteiger partial charge in [0.05, 0.1) is 12.1 Å². The van der Waals surface area contributed by atoms with Crippen LogP contribution in [-0.4, -0.2) is 47.5 Å². The first-order chi connectivity index (χ1) is 14.4. The lowest BCUT2D eigenvalue weighted by Gasteiger charge is -2.23. The van der Waals surface area contributed by atoms with Crippen LogP contribution < -0.4 is 22.5 Å². The molecule has 0 aliphatic carbocycles. The van der Waals surface area contributed by atoms with Crippen molar-refractivity contribution in [2.45, 2.75) is 31.3 Å². The number of carbonyl (C=O) groups is 3. The van der Waals surface area contributed by atoms with Crippen LogP contribution in [0.25, 0.3) is 0 Å². The maximum atomic E-state index is 12.6. The number of guanidine groups is 1. The molecule has 2 aromatic carbocycles. The fourth-order valence-corrected chi connectivity index (χ4v) is 2.92. The van der Waals surface area contributed by atoms with Gasteiger partial charge in [0.25, 0.3) is 0 Å². The van der Waals surface area contributed by atoms with E-state index in [1.807, 2.05) is 30.3 Å². The molecule has 0 saturated carbocycles. The number of rotatable bonds is 11. The van der Waals surface area contributed by atoms with E-state index >= 15 is 0 Å². The number of aliphatic imine (C=N–C) groups is 1. The number of nitrogens with one attached hydrogen (secondary N) is 1. The largest absolute Gasteiger partial charge is 0.412 e. The number of amides is 1. The number of aryl methyl sites for hydroxylation is 1. The highest BCUT2D eigenvalue weighted by molar-refractivity contribution is 6.45. The average molecular weight is 464 g/mol. The molecular formula is C22H30ClN5O4. The van der Waals surface area contributed by atoms with E-state index < -0.39 is 23.7 Å². The summed E-state index contributed by atoms with van der Waals surface area (Å²) >= 11 is 0. The van der Waals surface area contributed by atoms with Gasteiger partial charge in [0.1, 0.15) is 0 Å². The molecule has 10 heteroatoms. The van der Waals surface area contributed by atoms with E-state index in [4.69, 9.17) is 17.2 Å². The van der Waals surface area contributed by atoms with Gasteiger partial charge in [-0.3, -0.25) is 19.4 Å². The fourth-order valence-electron chi connectivity index (χ4n) is 2.92. The van der Waals surface area contributed by atoms with Crippen LogP contribution in [0.5, 0.6) is 0 Å². The zero-order chi connectivity index (χ0) is 21.9. The van der Waals surface area contributed by atoms with E-state index in [0.717, 1.165) is 5.56 Å². The number of nitrogens with two attached hydrogens (primary N) is 3. The Morgan fingerprint density at radius 2 is 1.50 bits per heavy atom. The van der Waals surface area contributed by atoms with Crippen LogP contribution in [0.15, 0.2) is 65.7 Å². The summed E-state index contributed by atoms with van der Waals surface area (Å²) in [7, 11) is 0. The van der Waals surface area contributed by atoms with Crippen molar-refractivity contribution >= 4 is 35.8 Å². The van der Waals surface area contributed by atoms with Gasteiger partial charge in [-0.15, -0.1) is 12.4 Å². The van der Waals surface area contributed by atoms with Crippen molar-refractivity contribution in [3.8, 4) is 0 Å². The Labute approximate surface area is 193 Å². The van der Waals surface area contributed by atoms with Gasteiger partial charge in [0.2, 0.25) is 17.5 Å². The highest BCUT2D eigenvalue weighted by Crippen LogP contribution is 2.08. The number of hydrogen-bond donors (Lipinski definition) is 4. The highest BCUT2D eigenvalue weighted by atomic mass is 35.5. The Kier molecular flexibility index (Phi) is 13.2. The molecule has 0 spiro atoms. The third-order valence-electron chi connectivity index (χ3n) is 4.56. The quantitative estimate of drug-likeness (QED) is 0.159. The van der Waals surface area contributed by atoms with E-state index in [0.29, 0.717) is 6.42 Å². The molecule has 1 amide bonds. The second-order valence-corrected chi connectivity index (χ2v) is 6.84. The summed E-state index contributed by atoms with van der Waals surface area (Å²) in [6, 6.07) is 15.7. The standard InChI is InChI=1S/C22H27N5O3.ClH.H2O/c23-19(21(30)20(29)16-9-5-2-6-10-16)17(13-14-26-22(24)25)27-18(28)12-11-15-7-3-1-4-8-15;;/h1-10,17,19H,11-14,23H2,(H,27,28)(H4,24,25,26);1H;1H2/t17?,19-;;/m0../s1. The van der Waals surface area contributed by atoms with Crippen LogP contribution in [0.3, 0.4) is 0 Å². The molecule has 0 fully saturated rings. The van der Waals surface area contributed by atoms with Crippen LogP contribution in [0.1, 0.15) is 28.8 Å². The summed E-state index contributed by atoms with van der Waals surface area (Å²) in [4.78, 5) is 41.4. The van der Waals surface area contributed by atoms with Crippen molar-refractivity contribution < 1.29 is 19.9 Å². The third-order valence-corrected chi connectivity index (χ3v) is 4.56. The summed E-state index contributed by atoms with van der Waals surface area (Å²) in [6.45, 7) is 0.159. The van der Waals surface area contributed by atoms with Gasteiger partial charge >= 0.3 is 0 Å². The van der Waals surface area contributed by atoms with E-state index in [1.165, 1.54) is 0 Å². The number of carbonyl (C=O) groups excluding carboxylic acids is 3. The predicted molar refractivity (Wildman–Crippen MR) is 127 cm³/mol. The normalized spacial score (nSPS) is 11.7. The Morgan fingerprint density at radius 3 is 2.06 bits per heavy atom. The minimum Gasteiger partial charge on any atom is -0.412 e. The molecule has 0 radical (unpaired) electrons. The van der Waals surface area contributed by atoms with Crippen LogP contribution >= 0.6 is 12.4 Å². The Bertz CT molecular complexity index is 890. The molecule has 9 nitrogen and oxygen atoms in total. The van der Waals surface area contributed by atoms with Crippen LogP contribution in [0, 0.1) is 0 Å². The lowest BCUT2D eigenvalue weighted by atomic mass is 9.95. The average Bonchev–Trinajstić information content (AvgIpc) is 2.76. The Balaban J connectivity index is 0.00000480. The summed E-state index contributed by atoms with van der Waals surface area (Å²) in [5.41, 5.74) is 18.0. The number of nitrogens with zero attached hydrogens (tertiary/aromatic N) is 1. The number of halogens is 1. The van der Waals surface area contributed by atoms with Crippen molar-refractivity contribution in [1.82, 2.24) is 5.32 Å². The second-order valence-electron chi connectivity index (χ2n) is 6.84. The minimum absolute atomic E-state index is 0. The Morgan fingerprint density at radius 1 is 0.938 bits per heavy atom. The minimum atomic E-state index is -1.22. The van der Waals surface area contributed by atoms with Gasteiger partial charge in [-0.1, -0.05) is 60.7 Å². The summed E-state index contributed by atoms with van der Waals surface area (Å²) < 4.78 is 0. The van der Waals surface area contributed by atoms with Gasteiger partial charge in [-0.2, -0.15) is 0 Å². The summed E-state index contributed by atoms with van der Waals surface area (Å²) in [5.74, 6) is -1.86. The first kappa shape index (κ1) is 28.7. The molecule has 0 aliphatic rings. The van der Waals surface area contributed by atoms with Gasteiger partial charge in [-0.05, 0) is 18.4 Å². The SMILES string of the molecule is Cl.NC(N)=NCCC(NC(=O)CCc1ccccc1)[C@H](N)C(=O)C(=O)c1ccccc1.O. The topological polar surface area (TPSA) is 185 Å². The van der Waals surface area contributed by atoms with Gasteiger partial charge < -0.3 is 28.0 Å². The molecule has 0 saturated heterocycles. The van der Waals surface area contributed by atoms with Crippen molar-refractivity contribution in [2.24, 2.45) is 22.2 Å². The smallest absolute Gasteiger partial charge is 0.230 e. The lowest BCUT2D eigenvalue weighted by Crippen LogP contribution is -2.54. The predicted octanol–water partition coefficient (Wildman–Crippen LogP) is 0.144. The van der Waals surface area contributed by atoms with Crippen molar-refractivity contribution in [3.63, 3.8) is 0 Å². The van der Waals surface area contributed by atoms with E-state index in [1.54, 1.807) is 30.3 Å². The molecule has 174 valence electrons. The molecule has 0 heterocycles. The van der Waals surface area contributed by atoms with Crippen LogP contribution in [0.4, 0.5) is 0 Å². The van der Waals surface area contributed by atoms with E-state index in [-0.39, 0.29) is 54.7 Å². The Hall–Kier alpha value is -3.27. The molecule has 2 rings (SSSR count). The van der Waals surface area contributed by atoms with Gasteiger partial charge in [-0.25, -0.2) is 0 Å². The summed E-state index contributed by atoms with van der Waals surface area (Å²) in [5, 5.41) is 2.76. The monoisotopic (exact) mass is 463 g/mol. The number of benzene rings is 2. The van der Waals surface area contributed by atoms with E-state index in [9.17, 15) is 14.4 Å². The van der Waals surface area contributed by atoms with Crippen molar-refractivity contribution in [3.05, 3.63) is 71.8 Å². The fraction of sp³-hybridized carbons (Fsp3) is 0.273. The first-order valence-corrected chi connectivity index (χ1v) is 9.66. The van der Waals surface area contributed by atoms with Crippen LogP contribution in [-0.2, 0) is 16.0 Å². The molecule has 0 bridgehead atoms. The zero-order valence-electron chi connectivity index (χ0n) is 17.6. The number of Topliss-reactive ketones (excluding diaryl/α,β-unsaturated/α-hetero) is 2. The summed E-state index contributed by atoms with van der Waals surface area (Å²) in [6.07, 6.45) is 0.972. The van der Waals surface area contributed by atoms with Crippen LogP contribution in [0.2, 0.25) is 0 Å². The van der Waals surface area contributed by atoms with Gasteiger partial charge in [0.15, 0.2) is 5.96 Å². The molecule has 1 unspecified atom stereocenters. The number of hydrogen-bond acceptors (Lipinski definition) is 5. The highest BCUT2D eigenvalue weighted by Gasteiger charge is 2.30. The molecule has 32 heavy (non-hydrogen) atoms. The molecule has 0 aromatic heterocycles. The second kappa shape index (κ2) is 14.7. The number of ketones is 2. The van der Waals surface area contributed by atoms with Crippen molar-refractivity contribution in [1.29, 1.82) is 0 Å². The molecule has 2 aromatic rings. The molecule has 9 N–H and O–H groups in total. The first-order valence-electron chi connectivity index (χ1n) is 9.66. The molecule has 2 atom stereocenters. The third kappa shape index (κ3) is 9.25. The lowest BCUT2D eigenvalue weighted by molar-refractivity contribution is -0.122. The molecule has 0 aliphatic heterocycles. The van der Waals surface area contributed by atoms with Gasteiger partial charge in [0, 0.05) is 18.5 Å². The van der Waals surface area contributed by atoms with Crippen molar-refractivity contribution in [2.75, 3.05) is 6.54 Å². The maximum absolute atomic E-state index is 12.6. The molecular weight excluding hydrogens is 434 g/mol. The maximum Gasteiger partial charge on any atom is 0.230 e. The zero-order valence-corrected chi connectivity index (χ0v) is 18.4.